The summed E-state index contributed by atoms with van der Waals surface area (Å²) in [4.78, 5) is 3.92. The molecule has 0 aromatic rings. The van der Waals surface area contributed by atoms with Crippen molar-refractivity contribution in [3.8, 4) is 0 Å². The molecule has 0 aliphatic heterocycles. The van der Waals surface area contributed by atoms with E-state index in [9.17, 15) is 0 Å². The van der Waals surface area contributed by atoms with Gasteiger partial charge in [0.15, 0.2) is 0 Å². The fourth-order valence-electron chi connectivity index (χ4n) is 0.254. The predicted octanol–water partition coefficient (Wildman–Crippen LogP) is -0.122. The molecular formula is C4H9N2Se. The Labute approximate surface area is 52.0 Å². The van der Waals surface area contributed by atoms with E-state index < -0.39 is 0 Å². The van der Waals surface area contributed by atoms with Crippen molar-refractivity contribution in [1.29, 1.82) is 0 Å². The molecule has 1 radical (unpaired) electrons. The average molecular weight is 164 g/mol. The summed E-state index contributed by atoms with van der Waals surface area (Å²) in [5.41, 5.74) is 5.19. The number of hydrogen-bond donors (Lipinski definition) is 1. The van der Waals surface area contributed by atoms with Crippen molar-refractivity contribution in [2.24, 2.45) is 10.7 Å². The molecule has 0 amide bonds. The van der Waals surface area contributed by atoms with Crippen LogP contribution in [0.5, 0.6) is 0 Å². The molecule has 41 valence electrons. The zero-order valence-corrected chi connectivity index (χ0v) is 6.22. The quantitative estimate of drug-likeness (QED) is 0.327. The Morgan fingerprint density at radius 2 is 2.14 bits per heavy atom. The number of aliphatic imine (C=N–C) groups is 1. The molecule has 0 unspecified atom stereocenters. The van der Waals surface area contributed by atoms with E-state index in [0.29, 0.717) is 10.8 Å². The second-order valence-corrected chi connectivity index (χ2v) is 2.44. The van der Waals surface area contributed by atoms with E-state index in [1.807, 2.05) is 13.8 Å². The number of hydrogen-bond acceptors (Lipinski definition) is 1. The Balaban J connectivity index is 3.45. The Morgan fingerprint density at radius 1 is 1.71 bits per heavy atom. The summed E-state index contributed by atoms with van der Waals surface area (Å²) in [6.45, 7) is 3.95. The van der Waals surface area contributed by atoms with Gasteiger partial charge in [0.1, 0.15) is 0 Å². The Morgan fingerprint density at radius 3 is 2.14 bits per heavy atom. The number of rotatable bonds is 1. The van der Waals surface area contributed by atoms with E-state index >= 15 is 0 Å². The molecule has 0 rings (SSSR count). The van der Waals surface area contributed by atoms with Crippen LogP contribution in [0.1, 0.15) is 13.8 Å². The predicted molar refractivity (Wildman–Crippen MR) is 32.5 cm³/mol. The Bertz CT molecular complexity index is 73.8. The van der Waals surface area contributed by atoms with Gasteiger partial charge in [0.25, 0.3) is 0 Å². The maximum atomic E-state index is 5.19. The molecule has 0 aliphatic rings. The summed E-state index contributed by atoms with van der Waals surface area (Å²) in [6, 6.07) is 0.307. The van der Waals surface area contributed by atoms with Crippen LogP contribution in [-0.2, 0) is 0 Å². The van der Waals surface area contributed by atoms with Gasteiger partial charge in [0.2, 0.25) is 0 Å². The van der Waals surface area contributed by atoms with Crippen LogP contribution in [-0.4, -0.2) is 26.8 Å². The number of nitrogens with two attached hydrogens (primary N) is 1. The third-order valence-corrected chi connectivity index (χ3v) is 0.607. The molecule has 0 atom stereocenters. The van der Waals surface area contributed by atoms with Gasteiger partial charge in [-0.3, -0.25) is 0 Å². The molecule has 0 saturated carbocycles. The summed E-state index contributed by atoms with van der Waals surface area (Å²) in [5, 5.41) is 0. The van der Waals surface area contributed by atoms with Crippen LogP contribution in [0.3, 0.4) is 0 Å². The molecule has 2 nitrogen and oxygen atoms in total. The fraction of sp³-hybridized carbons (Fsp3) is 0.750. The van der Waals surface area contributed by atoms with Gasteiger partial charge in [-0.25, -0.2) is 0 Å². The first kappa shape index (κ1) is 6.99. The molecule has 2 N–H and O–H groups in total. The van der Waals surface area contributed by atoms with Crippen molar-refractivity contribution < 1.29 is 0 Å². The first-order chi connectivity index (χ1) is 3.13. The molecule has 0 saturated heterocycles. The normalized spacial score (nSPS) is 12.7. The summed E-state index contributed by atoms with van der Waals surface area (Å²) in [5.74, 6) is 0. The molecule has 0 aliphatic carbocycles. The van der Waals surface area contributed by atoms with E-state index in [-0.39, 0.29) is 0 Å². The molecular weight excluding hydrogens is 155 g/mol. The van der Waals surface area contributed by atoms with Gasteiger partial charge in [0, 0.05) is 0 Å². The van der Waals surface area contributed by atoms with Gasteiger partial charge >= 0.3 is 51.4 Å². The molecule has 0 aromatic carbocycles. The Kier molecular flexibility index (Phi) is 3.05. The number of nitrogens with zero attached hydrogens (tertiary/aromatic N) is 1. The van der Waals surface area contributed by atoms with Crippen molar-refractivity contribution in [2.75, 3.05) is 0 Å². The zero-order chi connectivity index (χ0) is 5.86. The average Bonchev–Trinajstić information content (AvgIpc) is 1.27. The first-order valence-electron chi connectivity index (χ1n) is 2.13. The SMILES string of the molecule is CC(C)N=C(N)[Se]. The van der Waals surface area contributed by atoms with Crippen LogP contribution in [0.25, 0.3) is 0 Å². The van der Waals surface area contributed by atoms with Crippen molar-refractivity contribution >= 4 is 20.7 Å². The zero-order valence-electron chi connectivity index (χ0n) is 4.51. The summed E-state index contributed by atoms with van der Waals surface area (Å²) in [6.07, 6.45) is 0. The van der Waals surface area contributed by atoms with Gasteiger partial charge in [-0.05, 0) is 0 Å². The third kappa shape index (κ3) is 5.99. The van der Waals surface area contributed by atoms with Crippen molar-refractivity contribution in [1.82, 2.24) is 0 Å². The summed E-state index contributed by atoms with van der Waals surface area (Å²) >= 11 is 2.60. The molecule has 0 heterocycles. The van der Waals surface area contributed by atoms with E-state index in [1.165, 1.54) is 0 Å². The van der Waals surface area contributed by atoms with Crippen molar-refractivity contribution in [2.45, 2.75) is 19.9 Å². The molecule has 0 fully saturated rings. The fourth-order valence-corrected chi connectivity index (χ4v) is 0.697. The molecule has 0 aromatic heterocycles. The van der Waals surface area contributed by atoms with Gasteiger partial charge in [-0.1, -0.05) is 0 Å². The molecule has 0 bridgehead atoms. The minimum absolute atomic E-state index is 0.307. The topological polar surface area (TPSA) is 38.4 Å². The van der Waals surface area contributed by atoms with Crippen molar-refractivity contribution in [3.63, 3.8) is 0 Å². The molecule has 3 heteroatoms. The summed E-state index contributed by atoms with van der Waals surface area (Å²) < 4.78 is 0.537. The van der Waals surface area contributed by atoms with Crippen LogP contribution in [0.15, 0.2) is 4.99 Å². The monoisotopic (exact) mass is 165 g/mol. The van der Waals surface area contributed by atoms with Crippen LogP contribution in [0.4, 0.5) is 0 Å². The maximum absolute atomic E-state index is 5.19. The van der Waals surface area contributed by atoms with E-state index in [4.69, 9.17) is 5.73 Å². The van der Waals surface area contributed by atoms with Crippen LogP contribution >= 0.6 is 0 Å². The van der Waals surface area contributed by atoms with Crippen LogP contribution in [0.2, 0.25) is 0 Å². The molecule has 7 heavy (non-hydrogen) atoms. The van der Waals surface area contributed by atoms with Crippen LogP contribution < -0.4 is 5.73 Å². The van der Waals surface area contributed by atoms with E-state index in [2.05, 4.69) is 21.0 Å². The second kappa shape index (κ2) is 3.05. The van der Waals surface area contributed by atoms with Gasteiger partial charge in [-0.15, -0.1) is 0 Å². The number of amidine groups is 1. The first-order valence-corrected chi connectivity index (χ1v) is 2.99. The van der Waals surface area contributed by atoms with E-state index in [1.54, 1.807) is 0 Å². The van der Waals surface area contributed by atoms with Gasteiger partial charge in [0.05, 0.1) is 0 Å². The summed E-state index contributed by atoms with van der Waals surface area (Å²) in [7, 11) is 0. The second-order valence-electron chi connectivity index (χ2n) is 1.56. The van der Waals surface area contributed by atoms with Crippen molar-refractivity contribution in [3.05, 3.63) is 0 Å². The Hall–Kier alpha value is -0.0105. The van der Waals surface area contributed by atoms with E-state index in [0.717, 1.165) is 0 Å². The third-order valence-electron chi connectivity index (χ3n) is 0.385. The minimum atomic E-state index is 0.307. The van der Waals surface area contributed by atoms with Gasteiger partial charge < -0.3 is 0 Å². The standard InChI is InChI=1S/C4H9N2Se/c1-3(2)6-4(5)7/h3H,1-2H3,(H2,5,6). The molecule has 0 spiro atoms. The van der Waals surface area contributed by atoms with Crippen LogP contribution in [0, 0.1) is 0 Å². The van der Waals surface area contributed by atoms with Gasteiger partial charge in [-0.2, -0.15) is 0 Å².